The summed E-state index contributed by atoms with van der Waals surface area (Å²) >= 11 is 0. The molecular formula is C27H42O5. The first kappa shape index (κ1) is 24.1. The largest absolute Gasteiger partial charge is 0.390 e. The van der Waals surface area contributed by atoms with Crippen LogP contribution in [0.2, 0.25) is 0 Å². The summed E-state index contributed by atoms with van der Waals surface area (Å²) in [5.74, 6) is 0.695. The van der Waals surface area contributed by atoms with Crippen LogP contribution in [0.3, 0.4) is 0 Å². The minimum atomic E-state index is -1.01. The van der Waals surface area contributed by atoms with Crippen LogP contribution >= 0.6 is 0 Å². The lowest BCUT2D eigenvalue weighted by Crippen LogP contribution is -2.58. The Hall–Kier alpha value is -1.01. The first-order valence-electron chi connectivity index (χ1n) is 12.5. The van der Waals surface area contributed by atoms with Gasteiger partial charge in [-0.15, -0.1) is 0 Å². The molecule has 0 aromatic carbocycles. The highest BCUT2D eigenvalue weighted by atomic mass is 16.3. The van der Waals surface area contributed by atoms with Crippen molar-refractivity contribution in [2.45, 2.75) is 109 Å². The zero-order valence-corrected chi connectivity index (χ0v) is 20.4. The number of carbonyl (C=O) groups excluding carboxylic acids is 1. The summed E-state index contributed by atoms with van der Waals surface area (Å²) in [4.78, 5) is 13.2. The van der Waals surface area contributed by atoms with Crippen LogP contribution in [0.4, 0.5) is 0 Å². The van der Waals surface area contributed by atoms with Crippen molar-refractivity contribution in [1.82, 2.24) is 0 Å². The van der Waals surface area contributed by atoms with E-state index in [0.29, 0.717) is 30.3 Å². The molecule has 2 saturated carbocycles. The Labute approximate surface area is 192 Å². The predicted octanol–water partition coefficient (Wildman–Crippen LogP) is 3.69. The van der Waals surface area contributed by atoms with Crippen LogP contribution < -0.4 is 0 Å². The van der Waals surface area contributed by atoms with Gasteiger partial charge in [0.25, 0.3) is 0 Å². The third kappa shape index (κ3) is 3.55. The van der Waals surface area contributed by atoms with Crippen molar-refractivity contribution in [3.8, 4) is 0 Å². The number of allylic oxidation sites excluding steroid dienone is 2. The highest BCUT2D eigenvalue weighted by Gasteiger charge is 2.65. The van der Waals surface area contributed by atoms with Crippen molar-refractivity contribution in [2.24, 2.45) is 28.6 Å². The Balaban J connectivity index is 1.63. The van der Waals surface area contributed by atoms with Gasteiger partial charge in [0.1, 0.15) is 0 Å². The van der Waals surface area contributed by atoms with Gasteiger partial charge in [-0.25, -0.2) is 0 Å². The molecule has 0 heterocycles. The van der Waals surface area contributed by atoms with E-state index in [4.69, 9.17) is 0 Å². The van der Waals surface area contributed by atoms with E-state index in [1.807, 2.05) is 20.8 Å². The van der Waals surface area contributed by atoms with Crippen molar-refractivity contribution in [2.75, 3.05) is 0 Å². The molecule has 2 fully saturated rings. The molecule has 0 aliphatic heterocycles. The van der Waals surface area contributed by atoms with Gasteiger partial charge < -0.3 is 20.4 Å². The molecule has 0 radical (unpaired) electrons. The van der Waals surface area contributed by atoms with Gasteiger partial charge in [-0.3, -0.25) is 4.79 Å². The number of aliphatic hydroxyl groups is 4. The number of ketones is 1. The molecule has 0 bridgehead atoms. The fourth-order valence-corrected chi connectivity index (χ4v) is 7.93. The minimum Gasteiger partial charge on any atom is -0.390 e. The van der Waals surface area contributed by atoms with E-state index < -0.39 is 28.8 Å². The van der Waals surface area contributed by atoms with Gasteiger partial charge in [0.2, 0.25) is 0 Å². The van der Waals surface area contributed by atoms with Crippen molar-refractivity contribution in [3.05, 3.63) is 23.3 Å². The van der Waals surface area contributed by atoms with E-state index in [9.17, 15) is 25.2 Å². The second kappa shape index (κ2) is 7.76. The zero-order valence-electron chi connectivity index (χ0n) is 20.4. The van der Waals surface area contributed by atoms with Gasteiger partial charge in [-0.2, -0.15) is 0 Å². The Morgan fingerprint density at radius 2 is 1.88 bits per heavy atom. The van der Waals surface area contributed by atoms with Gasteiger partial charge in [-0.05, 0) is 87.9 Å². The minimum absolute atomic E-state index is 0.0101. The molecule has 5 heteroatoms. The van der Waals surface area contributed by atoms with E-state index in [-0.39, 0.29) is 17.1 Å². The Kier molecular flexibility index (Phi) is 5.85. The lowest BCUT2D eigenvalue weighted by atomic mass is 9.48. The first-order valence-corrected chi connectivity index (χ1v) is 12.5. The van der Waals surface area contributed by atoms with Crippen molar-refractivity contribution in [3.63, 3.8) is 0 Å². The molecule has 0 saturated heterocycles. The molecule has 32 heavy (non-hydrogen) atoms. The molecule has 4 N–H and O–H groups in total. The number of fused-ring (bicyclic) bond motifs is 5. The normalized spacial score (nSPS) is 44.8. The number of hydrogen-bond donors (Lipinski definition) is 4. The van der Waals surface area contributed by atoms with Crippen LogP contribution in [0.15, 0.2) is 23.3 Å². The van der Waals surface area contributed by atoms with Crippen LogP contribution in [0.25, 0.3) is 0 Å². The highest BCUT2D eigenvalue weighted by molar-refractivity contribution is 6.07. The Morgan fingerprint density at radius 3 is 2.53 bits per heavy atom. The standard InChI is InChI=1S/C27H42O5/c1-16(7-6-10-24(2,3)31)17-9-12-27(32)19-13-21(28)20-14-22(29)23(30)15-25(20,4)18(19)8-11-26(17,27)5/h13-14,16-18,22-23,29-32H,6-12,15H2,1-5H3/t16-,17-,18+,22+,23-,25-,26-,27-/m1/s1. The van der Waals surface area contributed by atoms with E-state index in [2.05, 4.69) is 13.8 Å². The molecule has 0 unspecified atom stereocenters. The van der Waals surface area contributed by atoms with E-state index in [1.165, 1.54) is 0 Å². The third-order valence-corrected chi connectivity index (χ3v) is 9.82. The highest BCUT2D eigenvalue weighted by Crippen LogP contribution is 2.67. The van der Waals surface area contributed by atoms with Gasteiger partial charge in [0.15, 0.2) is 5.78 Å². The van der Waals surface area contributed by atoms with Crippen LogP contribution in [-0.2, 0) is 4.79 Å². The second-order valence-electron chi connectivity index (χ2n) is 12.4. The SMILES string of the molecule is C[C@H](CCCC(C)(C)O)[C@H]1CC[C@@]2(O)C3=CC(=O)C4=C[C@H](O)[C@H](O)C[C@]4(C)[C@H]3CC[C@]12C. The summed E-state index contributed by atoms with van der Waals surface area (Å²) in [6, 6.07) is 0. The van der Waals surface area contributed by atoms with Crippen LogP contribution in [0, 0.1) is 28.6 Å². The summed E-state index contributed by atoms with van der Waals surface area (Å²) in [6.07, 6.45) is 7.80. The maximum absolute atomic E-state index is 13.2. The Morgan fingerprint density at radius 1 is 1.19 bits per heavy atom. The molecule has 0 aromatic rings. The van der Waals surface area contributed by atoms with Gasteiger partial charge in [0, 0.05) is 16.4 Å². The van der Waals surface area contributed by atoms with Crippen molar-refractivity contribution < 1.29 is 25.2 Å². The fraction of sp³-hybridized carbons (Fsp3) is 0.815. The van der Waals surface area contributed by atoms with Gasteiger partial charge in [0.05, 0.1) is 23.4 Å². The van der Waals surface area contributed by atoms with Gasteiger partial charge >= 0.3 is 0 Å². The molecule has 180 valence electrons. The molecular weight excluding hydrogens is 404 g/mol. The quantitative estimate of drug-likeness (QED) is 0.516. The monoisotopic (exact) mass is 446 g/mol. The second-order valence-corrected chi connectivity index (χ2v) is 12.4. The number of aliphatic hydroxyl groups excluding tert-OH is 2. The topological polar surface area (TPSA) is 98.0 Å². The molecule has 0 aromatic heterocycles. The summed E-state index contributed by atoms with van der Waals surface area (Å²) in [7, 11) is 0. The van der Waals surface area contributed by atoms with Crippen LogP contribution in [-0.4, -0.2) is 49.6 Å². The zero-order chi connectivity index (χ0) is 23.7. The predicted molar refractivity (Wildman–Crippen MR) is 124 cm³/mol. The molecule has 4 rings (SSSR count). The van der Waals surface area contributed by atoms with E-state index >= 15 is 0 Å². The van der Waals surface area contributed by atoms with Crippen molar-refractivity contribution >= 4 is 5.78 Å². The maximum Gasteiger partial charge on any atom is 0.182 e. The fourth-order valence-electron chi connectivity index (χ4n) is 7.93. The van der Waals surface area contributed by atoms with Crippen molar-refractivity contribution in [1.29, 1.82) is 0 Å². The summed E-state index contributed by atoms with van der Waals surface area (Å²) in [5.41, 5.74) is -1.02. The van der Waals surface area contributed by atoms with Crippen LogP contribution in [0.5, 0.6) is 0 Å². The molecule has 0 spiro atoms. The average Bonchev–Trinajstić information content (AvgIpc) is 2.95. The first-order chi connectivity index (χ1) is 14.7. The molecule has 0 amide bonds. The third-order valence-electron chi connectivity index (χ3n) is 9.82. The van der Waals surface area contributed by atoms with Crippen LogP contribution in [0.1, 0.15) is 86.0 Å². The number of rotatable bonds is 5. The number of hydrogen-bond acceptors (Lipinski definition) is 5. The maximum atomic E-state index is 13.2. The summed E-state index contributed by atoms with van der Waals surface area (Å²) in [5, 5.41) is 42.8. The van der Waals surface area contributed by atoms with Gasteiger partial charge in [-0.1, -0.05) is 33.6 Å². The van der Waals surface area contributed by atoms with E-state index in [0.717, 1.165) is 44.1 Å². The lowest BCUT2D eigenvalue weighted by Gasteiger charge is -2.58. The molecule has 4 aliphatic rings. The lowest BCUT2D eigenvalue weighted by molar-refractivity contribution is -0.121. The molecule has 5 nitrogen and oxygen atoms in total. The van der Waals surface area contributed by atoms with E-state index in [1.54, 1.807) is 12.2 Å². The molecule has 8 atom stereocenters. The summed E-state index contributed by atoms with van der Waals surface area (Å²) < 4.78 is 0. The Bertz CT molecular complexity index is 837. The number of carbonyl (C=O) groups is 1. The average molecular weight is 447 g/mol. The molecule has 4 aliphatic carbocycles. The smallest absolute Gasteiger partial charge is 0.182 e. The summed E-state index contributed by atoms with van der Waals surface area (Å²) in [6.45, 7) is 10.2.